The van der Waals surface area contributed by atoms with Crippen LogP contribution in [0.5, 0.6) is 0 Å². The molecule has 0 bridgehead atoms. The van der Waals surface area contributed by atoms with Gasteiger partial charge in [0.15, 0.2) is 0 Å². The number of aryl methyl sites for hydroxylation is 2. The molecule has 1 aromatic heterocycles. The van der Waals surface area contributed by atoms with Gasteiger partial charge in [-0.2, -0.15) is 16.9 Å². The highest BCUT2D eigenvalue weighted by atomic mass is 32.2. The van der Waals surface area contributed by atoms with Crippen LogP contribution in [0.4, 0.5) is 0 Å². The molecule has 1 rings (SSSR count). The molecule has 1 heterocycles. The van der Waals surface area contributed by atoms with Crippen LogP contribution in [0.1, 0.15) is 51.1 Å². The summed E-state index contributed by atoms with van der Waals surface area (Å²) in [7, 11) is 0. The molecule has 0 unspecified atom stereocenters. The van der Waals surface area contributed by atoms with Crippen LogP contribution < -0.4 is 5.32 Å². The van der Waals surface area contributed by atoms with Gasteiger partial charge in [-0.15, -0.1) is 0 Å². The van der Waals surface area contributed by atoms with Crippen molar-refractivity contribution >= 4 is 11.8 Å². The highest BCUT2D eigenvalue weighted by Gasteiger charge is 2.14. The number of thioether (sulfide) groups is 1. The molecule has 0 fully saturated rings. The topological polar surface area (TPSA) is 29.9 Å². The van der Waals surface area contributed by atoms with Crippen LogP contribution in [0.25, 0.3) is 0 Å². The first-order chi connectivity index (χ1) is 8.85. The molecule has 19 heavy (non-hydrogen) atoms. The van der Waals surface area contributed by atoms with Crippen LogP contribution in [-0.4, -0.2) is 26.8 Å². The van der Waals surface area contributed by atoms with E-state index in [9.17, 15) is 0 Å². The molecule has 0 amide bonds. The smallest absolute Gasteiger partial charge is 0.0641 e. The monoisotopic (exact) mass is 283 g/mol. The lowest BCUT2D eigenvalue weighted by molar-refractivity contribution is 0.423. The van der Waals surface area contributed by atoms with Gasteiger partial charge in [0.2, 0.25) is 0 Å². The SMILES string of the molecule is CCSCCCn1nc(C)c(CNC(C)(C)C)c1C. The maximum Gasteiger partial charge on any atom is 0.0641 e. The van der Waals surface area contributed by atoms with E-state index in [4.69, 9.17) is 0 Å². The van der Waals surface area contributed by atoms with E-state index in [1.54, 1.807) is 0 Å². The van der Waals surface area contributed by atoms with Gasteiger partial charge in [-0.05, 0) is 52.5 Å². The highest BCUT2D eigenvalue weighted by Crippen LogP contribution is 2.15. The first-order valence-corrected chi connectivity index (χ1v) is 8.36. The minimum absolute atomic E-state index is 0.152. The number of nitrogens with zero attached hydrogens (tertiary/aromatic N) is 2. The van der Waals surface area contributed by atoms with Crippen molar-refractivity contribution in [2.45, 2.75) is 66.6 Å². The highest BCUT2D eigenvalue weighted by molar-refractivity contribution is 7.99. The maximum atomic E-state index is 4.68. The van der Waals surface area contributed by atoms with Crippen molar-refractivity contribution in [3.05, 3.63) is 17.0 Å². The minimum Gasteiger partial charge on any atom is -0.308 e. The summed E-state index contributed by atoms with van der Waals surface area (Å²) in [6.07, 6.45) is 1.20. The fraction of sp³-hybridized carbons (Fsp3) is 0.800. The van der Waals surface area contributed by atoms with Crippen LogP contribution in [-0.2, 0) is 13.1 Å². The average Bonchev–Trinajstić information content (AvgIpc) is 2.57. The van der Waals surface area contributed by atoms with Gasteiger partial charge in [0, 0.05) is 29.9 Å². The van der Waals surface area contributed by atoms with E-state index in [2.05, 4.69) is 56.6 Å². The van der Waals surface area contributed by atoms with Crippen molar-refractivity contribution in [1.29, 1.82) is 0 Å². The molecule has 0 aliphatic rings. The molecule has 110 valence electrons. The summed E-state index contributed by atoms with van der Waals surface area (Å²) in [6.45, 7) is 15.1. The molecule has 0 aliphatic carbocycles. The first kappa shape index (κ1) is 16.6. The first-order valence-electron chi connectivity index (χ1n) is 7.21. The zero-order valence-corrected chi connectivity index (χ0v) is 14.2. The second kappa shape index (κ2) is 7.34. The molecule has 0 aromatic carbocycles. The fourth-order valence-electron chi connectivity index (χ4n) is 2.02. The summed E-state index contributed by atoms with van der Waals surface area (Å²) in [6, 6.07) is 0. The average molecular weight is 283 g/mol. The van der Waals surface area contributed by atoms with Gasteiger partial charge in [-0.1, -0.05) is 6.92 Å². The molecule has 0 radical (unpaired) electrons. The van der Waals surface area contributed by atoms with Crippen LogP contribution in [0.2, 0.25) is 0 Å². The molecule has 1 N–H and O–H groups in total. The van der Waals surface area contributed by atoms with Gasteiger partial charge in [-0.3, -0.25) is 4.68 Å². The van der Waals surface area contributed by atoms with E-state index in [1.807, 2.05) is 11.8 Å². The molecule has 3 nitrogen and oxygen atoms in total. The van der Waals surface area contributed by atoms with Crippen LogP contribution in [0, 0.1) is 13.8 Å². The minimum atomic E-state index is 0.152. The summed E-state index contributed by atoms with van der Waals surface area (Å²) in [4.78, 5) is 0. The number of nitrogens with one attached hydrogen (secondary N) is 1. The molecule has 0 saturated carbocycles. The van der Waals surface area contributed by atoms with E-state index in [1.165, 1.54) is 29.2 Å². The lowest BCUT2D eigenvalue weighted by Gasteiger charge is -2.20. The van der Waals surface area contributed by atoms with E-state index in [-0.39, 0.29) is 5.54 Å². The largest absolute Gasteiger partial charge is 0.308 e. The van der Waals surface area contributed by atoms with E-state index >= 15 is 0 Å². The fourth-order valence-corrected chi connectivity index (χ4v) is 2.64. The maximum absolute atomic E-state index is 4.68. The Balaban J connectivity index is 2.61. The summed E-state index contributed by atoms with van der Waals surface area (Å²) in [5.41, 5.74) is 3.99. The van der Waals surface area contributed by atoms with Gasteiger partial charge in [0.25, 0.3) is 0 Å². The molecule has 0 saturated heterocycles. The molecule has 1 aromatic rings. The predicted octanol–water partition coefficient (Wildman–Crippen LogP) is 3.53. The zero-order chi connectivity index (χ0) is 14.5. The summed E-state index contributed by atoms with van der Waals surface area (Å²) >= 11 is 2.00. The summed E-state index contributed by atoms with van der Waals surface area (Å²) < 4.78 is 2.17. The lowest BCUT2D eigenvalue weighted by Crippen LogP contribution is -2.35. The van der Waals surface area contributed by atoms with Crippen molar-refractivity contribution < 1.29 is 0 Å². The van der Waals surface area contributed by atoms with Gasteiger partial charge in [0.05, 0.1) is 5.69 Å². The van der Waals surface area contributed by atoms with Gasteiger partial charge < -0.3 is 5.32 Å². The van der Waals surface area contributed by atoms with E-state index < -0.39 is 0 Å². The van der Waals surface area contributed by atoms with E-state index in [0.29, 0.717) is 0 Å². The molecule has 0 spiro atoms. The van der Waals surface area contributed by atoms with E-state index in [0.717, 1.165) is 18.8 Å². The molecule has 4 heteroatoms. The van der Waals surface area contributed by atoms with Crippen molar-refractivity contribution in [1.82, 2.24) is 15.1 Å². The molecule has 0 aliphatic heterocycles. The standard InChI is InChI=1S/C15H29N3S/c1-7-19-10-8-9-18-13(3)14(12(2)17-18)11-16-15(4,5)6/h16H,7-11H2,1-6H3. The molecule has 0 atom stereocenters. The number of rotatable bonds is 7. The van der Waals surface area contributed by atoms with Crippen molar-refractivity contribution in [3.8, 4) is 0 Å². The van der Waals surface area contributed by atoms with Gasteiger partial charge in [-0.25, -0.2) is 0 Å². The third kappa shape index (κ3) is 5.57. The normalized spacial score (nSPS) is 12.1. The number of hydrogen-bond donors (Lipinski definition) is 1. The quantitative estimate of drug-likeness (QED) is 0.776. The van der Waals surface area contributed by atoms with Gasteiger partial charge in [0.1, 0.15) is 0 Å². The Labute approximate surface area is 122 Å². The Morgan fingerprint density at radius 1 is 1.26 bits per heavy atom. The van der Waals surface area contributed by atoms with Gasteiger partial charge >= 0.3 is 0 Å². The van der Waals surface area contributed by atoms with Crippen LogP contribution in [0.3, 0.4) is 0 Å². The van der Waals surface area contributed by atoms with Crippen molar-refractivity contribution in [2.24, 2.45) is 0 Å². The van der Waals surface area contributed by atoms with Crippen molar-refractivity contribution in [2.75, 3.05) is 11.5 Å². The molecular weight excluding hydrogens is 254 g/mol. The number of aromatic nitrogens is 2. The van der Waals surface area contributed by atoms with Crippen LogP contribution in [0.15, 0.2) is 0 Å². The third-order valence-corrected chi connectivity index (χ3v) is 4.18. The summed E-state index contributed by atoms with van der Waals surface area (Å²) in [5, 5.41) is 8.23. The number of hydrogen-bond acceptors (Lipinski definition) is 3. The third-order valence-electron chi connectivity index (χ3n) is 3.19. The Morgan fingerprint density at radius 2 is 1.95 bits per heavy atom. The Kier molecular flexibility index (Phi) is 6.40. The Morgan fingerprint density at radius 3 is 2.53 bits per heavy atom. The molecular formula is C15H29N3S. The Hall–Kier alpha value is -0.480. The second-order valence-electron chi connectivity index (χ2n) is 6.03. The zero-order valence-electron chi connectivity index (χ0n) is 13.3. The summed E-state index contributed by atoms with van der Waals surface area (Å²) in [5.74, 6) is 2.43. The second-order valence-corrected chi connectivity index (χ2v) is 7.42. The predicted molar refractivity (Wildman–Crippen MR) is 85.9 cm³/mol. The Bertz CT molecular complexity index is 391. The van der Waals surface area contributed by atoms with Crippen molar-refractivity contribution in [3.63, 3.8) is 0 Å². The van der Waals surface area contributed by atoms with Crippen LogP contribution >= 0.6 is 11.8 Å². The lowest BCUT2D eigenvalue weighted by atomic mass is 10.1.